The summed E-state index contributed by atoms with van der Waals surface area (Å²) in [5, 5.41) is 3.14. The lowest BCUT2D eigenvalue weighted by molar-refractivity contribution is 0.167. The summed E-state index contributed by atoms with van der Waals surface area (Å²) in [5.41, 5.74) is 3.72. The fraction of sp³-hybridized carbons (Fsp3) is 0.350. The van der Waals surface area contributed by atoms with Crippen molar-refractivity contribution in [3.63, 3.8) is 0 Å². The Bertz CT molecular complexity index is 711. The summed E-state index contributed by atoms with van der Waals surface area (Å²) in [7, 11) is 0. The predicted octanol–water partition coefficient (Wildman–Crippen LogP) is 3.13. The Hall–Kier alpha value is -2.33. The summed E-state index contributed by atoms with van der Waals surface area (Å²) in [5.74, 6) is 0. The van der Waals surface area contributed by atoms with Gasteiger partial charge in [0, 0.05) is 13.2 Å². The van der Waals surface area contributed by atoms with Crippen molar-refractivity contribution >= 4 is 6.03 Å². The van der Waals surface area contributed by atoms with Gasteiger partial charge in [-0.1, -0.05) is 54.6 Å². The molecular formula is C20H22N2O2. The topological polar surface area (TPSA) is 41.6 Å². The van der Waals surface area contributed by atoms with Crippen LogP contribution < -0.4 is 5.32 Å². The van der Waals surface area contributed by atoms with Crippen molar-refractivity contribution in [2.75, 3.05) is 19.8 Å². The van der Waals surface area contributed by atoms with Gasteiger partial charge in [0.15, 0.2) is 0 Å². The number of nitrogens with one attached hydrogen (secondary N) is 1. The fourth-order valence-corrected chi connectivity index (χ4v) is 3.69. The minimum atomic E-state index is -0.0292. The lowest BCUT2D eigenvalue weighted by Gasteiger charge is -2.38. The summed E-state index contributed by atoms with van der Waals surface area (Å²) in [6, 6.07) is 18.8. The largest absolute Gasteiger partial charge is 0.379 e. The number of ether oxygens (including phenoxy) is 1. The SMILES string of the molecule is O=C(N[C@@H]1CCOC1)N1CCc2ccccc2[C@@H]1c1ccccc1. The van der Waals surface area contributed by atoms with E-state index in [1.807, 2.05) is 23.1 Å². The Morgan fingerprint density at radius 3 is 2.67 bits per heavy atom. The van der Waals surface area contributed by atoms with Crippen LogP contribution in [0.25, 0.3) is 0 Å². The van der Waals surface area contributed by atoms with E-state index in [1.165, 1.54) is 11.1 Å². The molecule has 4 heteroatoms. The monoisotopic (exact) mass is 322 g/mol. The molecule has 2 atom stereocenters. The molecule has 2 aromatic carbocycles. The van der Waals surface area contributed by atoms with Crippen LogP contribution in [-0.2, 0) is 11.2 Å². The van der Waals surface area contributed by atoms with Crippen molar-refractivity contribution in [3.05, 3.63) is 71.3 Å². The highest BCUT2D eigenvalue weighted by atomic mass is 16.5. The molecule has 2 aliphatic heterocycles. The van der Waals surface area contributed by atoms with Gasteiger partial charge in [-0.25, -0.2) is 4.79 Å². The van der Waals surface area contributed by atoms with E-state index < -0.39 is 0 Å². The molecule has 1 N–H and O–H groups in total. The minimum absolute atomic E-state index is 0.00820. The van der Waals surface area contributed by atoms with Crippen LogP contribution in [0.3, 0.4) is 0 Å². The fourth-order valence-electron chi connectivity index (χ4n) is 3.69. The van der Waals surface area contributed by atoms with Crippen LogP contribution in [0.5, 0.6) is 0 Å². The van der Waals surface area contributed by atoms with E-state index >= 15 is 0 Å². The van der Waals surface area contributed by atoms with E-state index in [4.69, 9.17) is 4.74 Å². The molecule has 0 radical (unpaired) electrons. The highest BCUT2D eigenvalue weighted by molar-refractivity contribution is 5.76. The van der Waals surface area contributed by atoms with Crippen LogP contribution in [0.4, 0.5) is 4.79 Å². The van der Waals surface area contributed by atoms with Gasteiger partial charge in [-0.2, -0.15) is 0 Å². The molecule has 24 heavy (non-hydrogen) atoms. The number of hydrogen-bond donors (Lipinski definition) is 1. The molecule has 0 unspecified atom stereocenters. The maximum absolute atomic E-state index is 12.9. The molecule has 0 aromatic heterocycles. The summed E-state index contributed by atoms with van der Waals surface area (Å²) in [4.78, 5) is 14.9. The van der Waals surface area contributed by atoms with Crippen molar-refractivity contribution < 1.29 is 9.53 Å². The molecule has 2 aromatic rings. The number of hydrogen-bond acceptors (Lipinski definition) is 2. The Labute approximate surface area is 142 Å². The first-order valence-electron chi connectivity index (χ1n) is 8.60. The van der Waals surface area contributed by atoms with Gasteiger partial charge in [-0.15, -0.1) is 0 Å². The zero-order chi connectivity index (χ0) is 16.4. The Morgan fingerprint density at radius 2 is 1.88 bits per heavy atom. The van der Waals surface area contributed by atoms with E-state index in [2.05, 4.69) is 41.7 Å². The van der Waals surface area contributed by atoms with Crippen molar-refractivity contribution in [1.29, 1.82) is 0 Å². The van der Waals surface area contributed by atoms with Crippen molar-refractivity contribution in [2.45, 2.75) is 24.9 Å². The highest BCUT2D eigenvalue weighted by Gasteiger charge is 2.33. The zero-order valence-corrected chi connectivity index (χ0v) is 13.7. The van der Waals surface area contributed by atoms with E-state index in [-0.39, 0.29) is 18.1 Å². The minimum Gasteiger partial charge on any atom is -0.379 e. The molecule has 2 amide bonds. The predicted molar refractivity (Wildman–Crippen MR) is 92.9 cm³/mol. The first-order chi connectivity index (χ1) is 11.8. The lowest BCUT2D eigenvalue weighted by Crippen LogP contribution is -2.49. The Balaban J connectivity index is 1.66. The number of fused-ring (bicyclic) bond motifs is 1. The van der Waals surface area contributed by atoms with Crippen LogP contribution in [0.2, 0.25) is 0 Å². The average Bonchev–Trinajstić information content (AvgIpc) is 3.14. The molecule has 4 rings (SSSR count). The van der Waals surface area contributed by atoms with Gasteiger partial charge in [0.2, 0.25) is 0 Å². The molecule has 2 heterocycles. The van der Waals surface area contributed by atoms with E-state index in [0.717, 1.165) is 31.6 Å². The third-order valence-electron chi connectivity index (χ3n) is 4.92. The average molecular weight is 322 g/mol. The molecule has 0 bridgehead atoms. The van der Waals surface area contributed by atoms with Gasteiger partial charge in [-0.05, 0) is 29.5 Å². The second-order valence-corrected chi connectivity index (χ2v) is 6.47. The molecule has 2 aliphatic rings. The quantitative estimate of drug-likeness (QED) is 0.923. The summed E-state index contributed by atoms with van der Waals surface area (Å²) in [6.07, 6.45) is 1.79. The number of urea groups is 1. The number of rotatable bonds is 2. The number of amides is 2. The van der Waals surface area contributed by atoms with Crippen molar-refractivity contribution in [1.82, 2.24) is 10.2 Å². The van der Waals surface area contributed by atoms with Crippen molar-refractivity contribution in [3.8, 4) is 0 Å². The molecule has 1 saturated heterocycles. The number of carbonyl (C=O) groups excluding carboxylic acids is 1. The van der Waals surface area contributed by atoms with Gasteiger partial charge < -0.3 is 15.0 Å². The normalized spacial score (nSPS) is 22.9. The molecular weight excluding hydrogens is 300 g/mol. The Kier molecular flexibility index (Phi) is 4.22. The number of nitrogens with zero attached hydrogens (tertiary/aromatic N) is 1. The summed E-state index contributed by atoms with van der Waals surface area (Å²) in [6.45, 7) is 2.08. The van der Waals surface area contributed by atoms with Gasteiger partial charge >= 0.3 is 6.03 Å². The third-order valence-corrected chi connectivity index (χ3v) is 4.92. The van der Waals surface area contributed by atoms with Crippen LogP contribution >= 0.6 is 0 Å². The molecule has 4 nitrogen and oxygen atoms in total. The van der Waals surface area contributed by atoms with Gasteiger partial charge in [0.1, 0.15) is 0 Å². The van der Waals surface area contributed by atoms with E-state index in [9.17, 15) is 4.79 Å². The van der Waals surface area contributed by atoms with E-state index in [0.29, 0.717) is 6.61 Å². The van der Waals surface area contributed by atoms with Crippen LogP contribution in [0, 0.1) is 0 Å². The summed E-state index contributed by atoms with van der Waals surface area (Å²) >= 11 is 0. The summed E-state index contributed by atoms with van der Waals surface area (Å²) < 4.78 is 5.38. The van der Waals surface area contributed by atoms with Crippen LogP contribution in [0.15, 0.2) is 54.6 Å². The van der Waals surface area contributed by atoms with Crippen LogP contribution in [-0.4, -0.2) is 36.7 Å². The molecule has 1 fully saturated rings. The lowest BCUT2D eigenvalue weighted by atomic mass is 9.88. The molecule has 124 valence electrons. The number of carbonyl (C=O) groups is 1. The standard InChI is InChI=1S/C20H22N2O2/c23-20(21-17-11-13-24-14-17)22-12-10-15-6-4-5-9-18(15)19(22)16-7-2-1-3-8-16/h1-9,17,19H,10-14H2,(H,21,23)/t17-,19+/m1/s1. The molecule has 0 saturated carbocycles. The zero-order valence-electron chi connectivity index (χ0n) is 13.7. The highest BCUT2D eigenvalue weighted by Crippen LogP contribution is 2.35. The molecule has 0 spiro atoms. The second-order valence-electron chi connectivity index (χ2n) is 6.47. The second kappa shape index (κ2) is 6.65. The van der Waals surface area contributed by atoms with Gasteiger partial charge in [0.05, 0.1) is 18.7 Å². The smallest absolute Gasteiger partial charge is 0.318 e. The molecule has 0 aliphatic carbocycles. The first-order valence-corrected chi connectivity index (χ1v) is 8.60. The number of benzene rings is 2. The Morgan fingerprint density at radius 1 is 1.08 bits per heavy atom. The van der Waals surface area contributed by atoms with Gasteiger partial charge in [0.25, 0.3) is 0 Å². The van der Waals surface area contributed by atoms with Crippen molar-refractivity contribution in [2.24, 2.45) is 0 Å². The maximum atomic E-state index is 12.9. The first kappa shape index (κ1) is 15.2. The maximum Gasteiger partial charge on any atom is 0.318 e. The third kappa shape index (κ3) is 2.89. The van der Waals surface area contributed by atoms with E-state index in [1.54, 1.807) is 0 Å². The van der Waals surface area contributed by atoms with Gasteiger partial charge in [-0.3, -0.25) is 0 Å². The van der Waals surface area contributed by atoms with Crippen LogP contribution in [0.1, 0.15) is 29.2 Å².